The maximum Gasteiger partial charge on any atom is 0.323 e. The number of benzene rings is 2. The summed E-state index contributed by atoms with van der Waals surface area (Å²) < 4.78 is 17.4. The van der Waals surface area contributed by atoms with Crippen LogP contribution in [0.2, 0.25) is 0 Å². The average molecular weight is 420 g/mol. The number of carbonyl (C=O) groups is 1. The Morgan fingerprint density at radius 1 is 1.19 bits per heavy atom. The first-order chi connectivity index (χ1) is 12.6. The molecule has 6 heteroatoms. The Bertz CT molecular complexity index is 766. The van der Waals surface area contributed by atoms with Gasteiger partial charge < -0.3 is 14.2 Å². The molecule has 0 bridgehead atoms. The number of carbonyl (C=O) groups excluding carboxylic acids is 1. The van der Waals surface area contributed by atoms with Gasteiger partial charge in [0.1, 0.15) is 11.8 Å². The molecular formula is C20H22BrNO4. The van der Waals surface area contributed by atoms with Gasteiger partial charge >= 0.3 is 5.97 Å². The Morgan fingerprint density at radius 2 is 1.96 bits per heavy atom. The van der Waals surface area contributed by atoms with Crippen molar-refractivity contribution in [3.05, 3.63) is 63.6 Å². The van der Waals surface area contributed by atoms with Crippen LogP contribution < -0.4 is 10.1 Å². The number of halogens is 1. The third kappa shape index (κ3) is 4.09. The highest BCUT2D eigenvalue weighted by atomic mass is 79.9. The highest BCUT2D eigenvalue weighted by Gasteiger charge is 2.34. The normalized spacial score (nSPS) is 18.9. The third-order valence-corrected chi connectivity index (χ3v) is 5.26. The summed E-state index contributed by atoms with van der Waals surface area (Å²) in [6.45, 7) is 0.926. The number of hydrogen-bond acceptors (Lipinski definition) is 5. The summed E-state index contributed by atoms with van der Waals surface area (Å²) >= 11 is 3.60. The van der Waals surface area contributed by atoms with Crippen LogP contribution in [0.1, 0.15) is 22.7 Å². The largest absolute Gasteiger partial charge is 0.496 e. The van der Waals surface area contributed by atoms with Crippen LogP contribution in [0.5, 0.6) is 5.75 Å². The molecule has 0 aliphatic carbocycles. The number of nitrogens with one attached hydrogen (secondary N) is 1. The van der Waals surface area contributed by atoms with Crippen LogP contribution in [0.25, 0.3) is 0 Å². The van der Waals surface area contributed by atoms with Gasteiger partial charge in [-0.25, -0.2) is 0 Å². The summed E-state index contributed by atoms with van der Waals surface area (Å²) in [7, 11) is 3.05. The van der Waals surface area contributed by atoms with Crippen molar-refractivity contribution in [1.82, 2.24) is 5.32 Å². The highest BCUT2D eigenvalue weighted by Crippen LogP contribution is 2.38. The van der Waals surface area contributed by atoms with Gasteiger partial charge in [0, 0.05) is 16.5 Å². The van der Waals surface area contributed by atoms with E-state index in [1.54, 1.807) is 7.11 Å². The highest BCUT2D eigenvalue weighted by molar-refractivity contribution is 9.10. The predicted octanol–water partition coefficient (Wildman–Crippen LogP) is 3.40. The van der Waals surface area contributed by atoms with Crippen molar-refractivity contribution >= 4 is 21.9 Å². The number of rotatable bonds is 6. The van der Waals surface area contributed by atoms with E-state index in [-0.39, 0.29) is 12.0 Å². The molecule has 1 heterocycles. The van der Waals surface area contributed by atoms with Crippen molar-refractivity contribution in [3.8, 4) is 5.75 Å². The summed E-state index contributed by atoms with van der Waals surface area (Å²) in [5, 5.41) is 3.35. The minimum atomic E-state index is -0.416. The molecule has 3 rings (SSSR count). The van der Waals surface area contributed by atoms with E-state index in [0.717, 1.165) is 26.9 Å². The number of methoxy groups -OCH3 is 2. The van der Waals surface area contributed by atoms with Crippen LogP contribution >= 0.6 is 15.9 Å². The van der Waals surface area contributed by atoms with Crippen LogP contribution in [0.15, 0.2) is 46.9 Å². The quantitative estimate of drug-likeness (QED) is 0.727. The van der Waals surface area contributed by atoms with Crippen molar-refractivity contribution in [2.75, 3.05) is 20.8 Å². The van der Waals surface area contributed by atoms with E-state index < -0.39 is 6.04 Å². The van der Waals surface area contributed by atoms with Gasteiger partial charge in [0.25, 0.3) is 0 Å². The topological polar surface area (TPSA) is 56.8 Å². The summed E-state index contributed by atoms with van der Waals surface area (Å²) in [4.78, 5) is 12.1. The molecule has 0 fully saturated rings. The zero-order chi connectivity index (χ0) is 18.5. The first-order valence-electron chi connectivity index (χ1n) is 8.44. The van der Waals surface area contributed by atoms with Gasteiger partial charge in [0.15, 0.2) is 0 Å². The van der Waals surface area contributed by atoms with Crippen molar-refractivity contribution in [2.45, 2.75) is 25.1 Å². The fourth-order valence-electron chi connectivity index (χ4n) is 3.27. The summed E-state index contributed by atoms with van der Waals surface area (Å²) in [5.74, 6) is 0.505. The van der Waals surface area contributed by atoms with Crippen LogP contribution in [0.4, 0.5) is 0 Å². The molecule has 5 nitrogen and oxygen atoms in total. The molecule has 1 aliphatic rings. The van der Waals surface area contributed by atoms with E-state index >= 15 is 0 Å². The molecule has 26 heavy (non-hydrogen) atoms. The molecule has 0 saturated carbocycles. The monoisotopic (exact) mass is 419 g/mol. The van der Waals surface area contributed by atoms with E-state index in [1.165, 1.54) is 7.11 Å². The zero-order valence-electron chi connectivity index (χ0n) is 14.8. The predicted molar refractivity (Wildman–Crippen MR) is 102 cm³/mol. The van der Waals surface area contributed by atoms with Crippen molar-refractivity contribution in [3.63, 3.8) is 0 Å². The molecule has 1 N–H and O–H groups in total. The molecule has 0 saturated heterocycles. The van der Waals surface area contributed by atoms with E-state index in [0.29, 0.717) is 19.6 Å². The Balaban J connectivity index is 1.83. The van der Waals surface area contributed by atoms with Gasteiger partial charge in [-0.05, 0) is 23.3 Å². The Morgan fingerprint density at radius 3 is 2.65 bits per heavy atom. The maximum absolute atomic E-state index is 12.1. The Kier molecular flexibility index (Phi) is 6.29. The standard InChI is InChI=1S/C20H22BrNO4/c1-24-18-9-8-15(21)14-10-16(20(23)25-2)22-17(19(14)18)12-26-11-13-6-4-3-5-7-13/h3-9,16-17,22H,10-12H2,1-2H3/t16-,17-/m0/s1. The first kappa shape index (κ1) is 18.9. The molecule has 138 valence electrons. The van der Waals surface area contributed by atoms with Gasteiger partial charge in [-0.3, -0.25) is 10.1 Å². The SMILES string of the molecule is COC(=O)[C@@H]1Cc2c(Br)ccc(OC)c2[C@H](COCc2ccccc2)N1. The zero-order valence-corrected chi connectivity index (χ0v) is 16.4. The third-order valence-electron chi connectivity index (χ3n) is 4.52. The molecule has 0 radical (unpaired) electrons. The lowest BCUT2D eigenvalue weighted by atomic mass is 9.89. The number of ether oxygens (including phenoxy) is 3. The van der Waals surface area contributed by atoms with Crippen molar-refractivity contribution < 1.29 is 19.0 Å². The minimum absolute atomic E-state index is 0.168. The van der Waals surface area contributed by atoms with Gasteiger partial charge in [-0.1, -0.05) is 46.3 Å². The molecule has 0 unspecified atom stereocenters. The Labute approximate surface area is 161 Å². The van der Waals surface area contributed by atoms with Crippen LogP contribution in [-0.4, -0.2) is 32.8 Å². The molecule has 2 aromatic rings. The lowest BCUT2D eigenvalue weighted by Crippen LogP contribution is -2.46. The molecule has 0 aromatic heterocycles. The molecule has 0 spiro atoms. The van der Waals surface area contributed by atoms with E-state index in [2.05, 4.69) is 21.2 Å². The minimum Gasteiger partial charge on any atom is -0.496 e. The second kappa shape index (κ2) is 8.66. The number of esters is 1. The van der Waals surface area contributed by atoms with Crippen LogP contribution in [0.3, 0.4) is 0 Å². The molecular weight excluding hydrogens is 398 g/mol. The van der Waals surface area contributed by atoms with E-state index in [4.69, 9.17) is 14.2 Å². The Hall–Kier alpha value is -1.89. The molecule has 2 atom stereocenters. The second-order valence-electron chi connectivity index (χ2n) is 6.14. The molecule has 1 aliphatic heterocycles. The van der Waals surface area contributed by atoms with Gasteiger partial charge in [-0.15, -0.1) is 0 Å². The summed E-state index contributed by atoms with van der Waals surface area (Å²) in [5.41, 5.74) is 3.18. The summed E-state index contributed by atoms with van der Waals surface area (Å²) in [6, 6.07) is 13.3. The summed E-state index contributed by atoms with van der Waals surface area (Å²) in [6.07, 6.45) is 0.537. The fourth-order valence-corrected chi connectivity index (χ4v) is 3.77. The first-order valence-corrected chi connectivity index (χ1v) is 9.24. The lowest BCUT2D eigenvalue weighted by Gasteiger charge is -2.33. The van der Waals surface area contributed by atoms with Gasteiger partial charge in [0.2, 0.25) is 0 Å². The molecule has 0 amide bonds. The smallest absolute Gasteiger partial charge is 0.323 e. The van der Waals surface area contributed by atoms with Crippen molar-refractivity contribution in [2.24, 2.45) is 0 Å². The van der Waals surface area contributed by atoms with Crippen LogP contribution in [0, 0.1) is 0 Å². The lowest BCUT2D eigenvalue weighted by molar-refractivity contribution is -0.143. The van der Waals surface area contributed by atoms with Crippen molar-refractivity contribution in [1.29, 1.82) is 0 Å². The molecule has 2 aromatic carbocycles. The number of hydrogen-bond donors (Lipinski definition) is 1. The van der Waals surface area contributed by atoms with Gasteiger partial charge in [0.05, 0.1) is 33.5 Å². The van der Waals surface area contributed by atoms with Gasteiger partial charge in [-0.2, -0.15) is 0 Å². The van der Waals surface area contributed by atoms with E-state index in [1.807, 2.05) is 42.5 Å². The van der Waals surface area contributed by atoms with E-state index in [9.17, 15) is 4.79 Å². The second-order valence-corrected chi connectivity index (χ2v) is 7.00. The van der Waals surface area contributed by atoms with Crippen LogP contribution in [-0.2, 0) is 27.3 Å². The average Bonchev–Trinajstić information content (AvgIpc) is 2.68. The maximum atomic E-state index is 12.1. The number of fused-ring (bicyclic) bond motifs is 1. The fraction of sp³-hybridized carbons (Fsp3) is 0.350.